The zero-order valence-corrected chi connectivity index (χ0v) is 23.9. The van der Waals surface area contributed by atoms with Gasteiger partial charge in [0.1, 0.15) is 17.6 Å². The monoisotopic (exact) mass is 507 g/mol. The number of aliphatic imine (C=N–C) groups is 1. The number of allylic oxidation sites excluding steroid dienone is 1. The maximum Gasteiger partial charge on any atom is 0.264 e. The van der Waals surface area contributed by atoms with Crippen molar-refractivity contribution < 1.29 is 13.0 Å². The average Bonchev–Trinajstić information content (AvgIpc) is 3.02. The van der Waals surface area contributed by atoms with Gasteiger partial charge >= 0.3 is 0 Å². The normalized spacial score (nSPS) is 19.9. The minimum Gasteiger partial charge on any atom is -0.527 e. The predicted molar refractivity (Wildman–Crippen MR) is 142 cm³/mol. The summed E-state index contributed by atoms with van der Waals surface area (Å²) in [6.45, 7) is 17.4. The first-order chi connectivity index (χ1) is 15.5. The molecule has 0 saturated heterocycles. The van der Waals surface area contributed by atoms with Crippen LogP contribution in [0.25, 0.3) is 0 Å². The van der Waals surface area contributed by atoms with Gasteiger partial charge in [0.25, 0.3) is 14.2 Å². The van der Waals surface area contributed by atoms with Gasteiger partial charge in [-0.2, -0.15) is 10.3 Å². The molecule has 2 atom stereocenters. The highest BCUT2D eigenvalue weighted by Gasteiger charge is 2.44. The van der Waals surface area contributed by atoms with Crippen LogP contribution < -0.4 is 9.21 Å². The summed E-state index contributed by atoms with van der Waals surface area (Å²) in [5.74, 6) is 0.0739. The molecule has 2 rings (SSSR count). The van der Waals surface area contributed by atoms with Gasteiger partial charge in [0, 0.05) is 25.1 Å². The number of nitrogens with one attached hydrogen (secondary N) is 1. The van der Waals surface area contributed by atoms with Crippen LogP contribution in [0.4, 0.5) is 10.1 Å². The molecule has 0 amide bonds. The molecule has 1 aromatic rings. The lowest BCUT2D eigenvalue weighted by molar-refractivity contribution is 0.366. The van der Waals surface area contributed by atoms with Crippen molar-refractivity contribution in [2.24, 2.45) is 4.99 Å². The second kappa shape index (κ2) is 10.4. The third-order valence-corrected chi connectivity index (χ3v) is 12.5. The summed E-state index contributed by atoms with van der Waals surface area (Å²) in [4.78, 5) is 4.66. The highest BCUT2D eigenvalue weighted by atomic mass is 32.2. The van der Waals surface area contributed by atoms with Crippen molar-refractivity contribution in [2.45, 2.75) is 83.7 Å². The van der Waals surface area contributed by atoms with Crippen molar-refractivity contribution >= 4 is 31.3 Å². The van der Waals surface area contributed by atoms with E-state index in [2.05, 4.69) is 43.6 Å². The molecule has 0 spiro atoms. The Morgan fingerprint density at radius 2 is 1.85 bits per heavy atom. The molecule has 0 fully saturated rings. The standard InChI is InChI=1S/C25H40FN4O2SSi/c1-24(2,3)33(31)29-15-11-10-12-22-23(32-34(8,9)25(4,5)6)28-18-30(22,7)20-14-13-19(17-27)21(26)16-20/h13-14,16,18,29H,10-12,15H2,1-9H3/q+1. The smallest absolute Gasteiger partial charge is 0.264 e. The summed E-state index contributed by atoms with van der Waals surface area (Å²) in [5.41, 5.74) is 1.68. The number of hydrogen-bond acceptors (Lipinski definition) is 4. The minimum atomic E-state index is -2.14. The Hall–Kier alpha value is -1.86. The van der Waals surface area contributed by atoms with Crippen LogP contribution in [0.15, 0.2) is 34.8 Å². The zero-order valence-electron chi connectivity index (χ0n) is 22.1. The summed E-state index contributed by atoms with van der Waals surface area (Å²) >= 11 is 0. The average molecular weight is 508 g/mol. The van der Waals surface area contributed by atoms with Crippen molar-refractivity contribution in [2.75, 3.05) is 13.6 Å². The van der Waals surface area contributed by atoms with E-state index in [0.717, 1.165) is 18.5 Å². The van der Waals surface area contributed by atoms with E-state index < -0.39 is 25.1 Å². The number of quaternary nitrogens is 1. The number of unbranched alkanes of at least 4 members (excludes halogenated alkanes) is 1. The van der Waals surface area contributed by atoms with Gasteiger partial charge < -0.3 is 4.43 Å². The van der Waals surface area contributed by atoms with Gasteiger partial charge in [-0.1, -0.05) is 20.8 Å². The van der Waals surface area contributed by atoms with Gasteiger partial charge in [-0.15, -0.1) is 0 Å². The molecule has 1 aliphatic heterocycles. The summed E-state index contributed by atoms with van der Waals surface area (Å²) in [7, 11) is -1.28. The molecule has 1 heterocycles. The van der Waals surface area contributed by atoms with E-state index >= 15 is 0 Å². The molecule has 1 N–H and O–H groups in total. The van der Waals surface area contributed by atoms with E-state index in [9.17, 15) is 8.60 Å². The van der Waals surface area contributed by atoms with E-state index in [0.29, 0.717) is 24.5 Å². The van der Waals surface area contributed by atoms with E-state index in [-0.39, 0.29) is 19.8 Å². The topological polar surface area (TPSA) is 74.5 Å². The van der Waals surface area contributed by atoms with Gasteiger partial charge in [-0.25, -0.2) is 17.8 Å². The molecule has 188 valence electrons. The molecule has 1 aliphatic rings. The number of benzene rings is 1. The number of halogens is 1. The largest absolute Gasteiger partial charge is 0.527 e. The first-order valence-corrected chi connectivity index (χ1v) is 15.8. The van der Waals surface area contributed by atoms with Crippen LogP contribution >= 0.6 is 0 Å². The van der Waals surface area contributed by atoms with Gasteiger partial charge in [-0.3, -0.25) is 0 Å². The Morgan fingerprint density at radius 1 is 1.21 bits per heavy atom. The maximum absolute atomic E-state index is 14.5. The van der Waals surface area contributed by atoms with E-state index in [4.69, 9.17) is 9.69 Å². The molecular weight excluding hydrogens is 467 g/mol. The molecule has 1 aromatic carbocycles. The van der Waals surface area contributed by atoms with Crippen LogP contribution in [-0.2, 0) is 15.4 Å². The first-order valence-electron chi connectivity index (χ1n) is 11.7. The van der Waals surface area contributed by atoms with Crippen LogP contribution in [0.1, 0.15) is 66.4 Å². The summed E-state index contributed by atoms with van der Waals surface area (Å²) in [6.07, 6.45) is 4.15. The Kier molecular flexibility index (Phi) is 8.68. The maximum atomic E-state index is 14.5. The second-order valence-electron chi connectivity index (χ2n) is 11.4. The van der Waals surface area contributed by atoms with Crippen molar-refractivity contribution in [3.8, 4) is 6.07 Å². The SMILES string of the molecule is CC(C)(C)S(=O)NCCCCC1=C(O[Si](C)(C)C(C)(C)C)N=C[N+]1(C)c1ccc(C#N)c(F)c1. The molecule has 0 saturated carbocycles. The molecule has 0 radical (unpaired) electrons. The molecule has 0 aromatic heterocycles. The predicted octanol–water partition coefficient (Wildman–Crippen LogP) is 6.09. The fourth-order valence-electron chi connectivity index (χ4n) is 3.23. The van der Waals surface area contributed by atoms with Crippen molar-refractivity contribution in [3.05, 3.63) is 41.2 Å². The number of hydrogen-bond donors (Lipinski definition) is 1. The fraction of sp³-hybridized carbons (Fsp3) is 0.600. The van der Waals surface area contributed by atoms with Crippen molar-refractivity contribution in [1.29, 1.82) is 5.26 Å². The Labute approximate surface area is 208 Å². The Bertz CT molecular complexity index is 1030. The second-order valence-corrected chi connectivity index (χ2v) is 18.2. The summed E-state index contributed by atoms with van der Waals surface area (Å²) in [5, 5.41) is 9.13. The molecule has 0 bridgehead atoms. The third kappa shape index (κ3) is 6.42. The van der Waals surface area contributed by atoms with Gasteiger partial charge in [-0.05, 0) is 57.8 Å². The highest BCUT2D eigenvalue weighted by molar-refractivity contribution is 7.84. The Morgan fingerprint density at radius 3 is 2.38 bits per heavy atom. The van der Waals surface area contributed by atoms with Gasteiger partial charge in [0.15, 0.2) is 5.70 Å². The lowest BCUT2D eigenvalue weighted by atomic mass is 10.1. The Balaban J connectivity index is 2.31. The van der Waals surface area contributed by atoms with Crippen LogP contribution in [0.5, 0.6) is 0 Å². The van der Waals surface area contributed by atoms with E-state index in [1.807, 2.05) is 33.9 Å². The first kappa shape index (κ1) is 28.4. The zero-order chi connectivity index (χ0) is 25.9. The molecule has 0 aliphatic carbocycles. The lowest BCUT2D eigenvalue weighted by Crippen LogP contribution is -2.43. The van der Waals surface area contributed by atoms with E-state index in [1.165, 1.54) is 12.1 Å². The molecule has 34 heavy (non-hydrogen) atoms. The molecule has 6 nitrogen and oxygen atoms in total. The summed E-state index contributed by atoms with van der Waals surface area (Å²) in [6, 6.07) is 6.58. The van der Waals surface area contributed by atoms with E-state index in [1.54, 1.807) is 12.4 Å². The quantitative estimate of drug-likeness (QED) is 0.250. The third-order valence-electron chi connectivity index (χ3n) is 6.61. The minimum absolute atomic E-state index is 0.00805. The molecule has 2 unspecified atom stereocenters. The van der Waals surface area contributed by atoms with Gasteiger partial charge in [0.2, 0.25) is 6.34 Å². The van der Waals surface area contributed by atoms with Crippen LogP contribution in [-0.4, -0.2) is 37.2 Å². The van der Waals surface area contributed by atoms with Crippen LogP contribution in [0, 0.1) is 17.1 Å². The van der Waals surface area contributed by atoms with Gasteiger partial charge in [0.05, 0.1) is 28.3 Å². The number of rotatable bonds is 9. The van der Waals surface area contributed by atoms with Crippen LogP contribution in [0.2, 0.25) is 18.1 Å². The highest BCUT2D eigenvalue weighted by Crippen LogP contribution is 2.42. The van der Waals surface area contributed by atoms with Crippen molar-refractivity contribution in [3.63, 3.8) is 0 Å². The fourth-order valence-corrected chi connectivity index (χ4v) is 4.96. The molecular formula is C25H40FN4O2SSi+. The number of nitrogens with zero attached hydrogens (tertiary/aromatic N) is 3. The lowest BCUT2D eigenvalue weighted by Gasteiger charge is -2.36. The molecule has 9 heteroatoms. The summed E-state index contributed by atoms with van der Waals surface area (Å²) < 4.78 is 36.4. The van der Waals surface area contributed by atoms with Crippen LogP contribution in [0.3, 0.4) is 0 Å². The number of nitriles is 1. The van der Waals surface area contributed by atoms with Crippen molar-refractivity contribution in [1.82, 2.24) is 9.21 Å².